The summed E-state index contributed by atoms with van der Waals surface area (Å²) in [5.74, 6) is -0.355. The zero-order valence-electron chi connectivity index (χ0n) is 12.5. The van der Waals surface area contributed by atoms with E-state index >= 15 is 0 Å². The molecule has 0 aliphatic carbocycles. The average Bonchev–Trinajstić information content (AvgIpc) is 2.96. The van der Waals surface area contributed by atoms with Crippen LogP contribution in [0, 0.1) is 0 Å². The van der Waals surface area contributed by atoms with Gasteiger partial charge in [0.2, 0.25) is 0 Å². The average molecular weight is 338 g/mol. The highest BCUT2D eigenvalue weighted by molar-refractivity contribution is 7.89. The summed E-state index contributed by atoms with van der Waals surface area (Å²) in [7, 11) is -4.03. The molecule has 0 saturated carbocycles. The van der Waals surface area contributed by atoms with Gasteiger partial charge in [-0.2, -0.15) is 5.10 Å². The van der Waals surface area contributed by atoms with Gasteiger partial charge in [0.15, 0.2) is 5.03 Å². The number of aromatic hydroxyl groups is 1. The zero-order valence-corrected chi connectivity index (χ0v) is 13.3. The Morgan fingerprint density at radius 1 is 1.39 bits per heavy atom. The van der Waals surface area contributed by atoms with Crippen molar-refractivity contribution >= 4 is 15.9 Å². The van der Waals surface area contributed by atoms with Crippen LogP contribution in [0.2, 0.25) is 0 Å². The maximum absolute atomic E-state index is 12.1. The Morgan fingerprint density at radius 3 is 2.65 bits per heavy atom. The number of aryl methyl sites for hydroxylation is 1. The molecule has 23 heavy (non-hydrogen) atoms. The molecule has 0 aliphatic rings. The van der Waals surface area contributed by atoms with Gasteiger partial charge in [0.25, 0.3) is 15.9 Å². The van der Waals surface area contributed by atoms with Gasteiger partial charge in [-0.15, -0.1) is 0 Å². The Kier molecular flexibility index (Phi) is 5.02. The predicted molar refractivity (Wildman–Crippen MR) is 83.3 cm³/mol. The first kappa shape index (κ1) is 17.0. The van der Waals surface area contributed by atoms with Crippen LogP contribution in [0.5, 0.6) is 5.75 Å². The van der Waals surface area contributed by atoms with E-state index in [2.05, 4.69) is 15.5 Å². The standard InChI is InChI=1S/C14H18N4O4S/c1-9(2-3-10-4-6-11(19)7-5-10)17-13(20)12-8-16-18-14(12)23(15,21)22/h4-9,19H,2-3H2,1H3,(H,16,18)(H,17,20)(H2,15,21,22)/t9-/m1/s1. The van der Waals surface area contributed by atoms with Gasteiger partial charge in [-0.25, -0.2) is 13.6 Å². The lowest BCUT2D eigenvalue weighted by atomic mass is 10.1. The molecule has 0 bridgehead atoms. The van der Waals surface area contributed by atoms with E-state index in [9.17, 15) is 18.3 Å². The summed E-state index contributed by atoms with van der Waals surface area (Å²) in [6.45, 7) is 1.81. The second-order valence-electron chi connectivity index (χ2n) is 5.24. The Balaban J connectivity index is 1.95. The van der Waals surface area contributed by atoms with Gasteiger partial charge in [-0.05, 0) is 37.5 Å². The van der Waals surface area contributed by atoms with Gasteiger partial charge >= 0.3 is 0 Å². The van der Waals surface area contributed by atoms with Crippen LogP contribution < -0.4 is 10.5 Å². The Hall–Kier alpha value is -2.39. The van der Waals surface area contributed by atoms with E-state index in [-0.39, 0.29) is 17.4 Å². The van der Waals surface area contributed by atoms with Gasteiger partial charge in [0, 0.05) is 6.04 Å². The number of phenols is 1. The topological polar surface area (TPSA) is 138 Å². The van der Waals surface area contributed by atoms with Crippen molar-refractivity contribution in [2.24, 2.45) is 5.14 Å². The SMILES string of the molecule is C[C@H](CCc1ccc(O)cc1)NC(=O)c1cn[nH]c1S(N)(=O)=O. The molecule has 0 saturated heterocycles. The molecule has 1 aromatic heterocycles. The number of aromatic nitrogens is 2. The Morgan fingerprint density at radius 2 is 2.04 bits per heavy atom. The van der Waals surface area contributed by atoms with E-state index in [1.807, 2.05) is 6.92 Å². The lowest BCUT2D eigenvalue weighted by Gasteiger charge is -2.13. The normalized spacial score (nSPS) is 12.8. The molecule has 2 rings (SSSR count). The largest absolute Gasteiger partial charge is 0.508 e. The Labute approximate surface area is 133 Å². The van der Waals surface area contributed by atoms with Gasteiger partial charge in [0.1, 0.15) is 5.75 Å². The molecule has 0 unspecified atom stereocenters. The number of hydrogen-bond acceptors (Lipinski definition) is 5. The van der Waals surface area contributed by atoms with Crippen LogP contribution in [0.25, 0.3) is 0 Å². The fourth-order valence-electron chi connectivity index (χ4n) is 2.07. The van der Waals surface area contributed by atoms with Crippen molar-refractivity contribution in [3.05, 3.63) is 41.6 Å². The van der Waals surface area contributed by atoms with Crippen molar-refractivity contribution in [2.45, 2.75) is 30.8 Å². The highest BCUT2D eigenvalue weighted by Crippen LogP contribution is 2.13. The molecule has 8 nitrogen and oxygen atoms in total. The van der Waals surface area contributed by atoms with E-state index in [0.717, 1.165) is 11.8 Å². The van der Waals surface area contributed by atoms with E-state index in [1.54, 1.807) is 24.3 Å². The van der Waals surface area contributed by atoms with Crippen LogP contribution in [0.3, 0.4) is 0 Å². The van der Waals surface area contributed by atoms with E-state index in [1.165, 1.54) is 0 Å². The molecule has 0 aliphatic heterocycles. The summed E-state index contributed by atoms with van der Waals surface area (Å²) in [6.07, 6.45) is 2.48. The lowest BCUT2D eigenvalue weighted by Crippen LogP contribution is -2.34. The van der Waals surface area contributed by atoms with Crippen molar-refractivity contribution in [3.8, 4) is 5.75 Å². The van der Waals surface area contributed by atoms with Crippen LogP contribution in [-0.4, -0.2) is 35.7 Å². The van der Waals surface area contributed by atoms with Crippen molar-refractivity contribution in [1.29, 1.82) is 0 Å². The number of nitrogens with two attached hydrogens (primary N) is 1. The minimum atomic E-state index is -4.03. The number of aromatic amines is 1. The van der Waals surface area contributed by atoms with Gasteiger partial charge in [-0.1, -0.05) is 12.1 Å². The third-order valence-corrected chi connectivity index (χ3v) is 4.19. The number of amides is 1. The van der Waals surface area contributed by atoms with Crippen molar-refractivity contribution < 1.29 is 18.3 Å². The summed E-state index contributed by atoms with van der Waals surface area (Å²) < 4.78 is 22.7. The quantitative estimate of drug-likeness (QED) is 0.608. The van der Waals surface area contributed by atoms with Gasteiger partial charge in [0.05, 0.1) is 11.8 Å². The number of rotatable bonds is 6. The number of carbonyl (C=O) groups excluding carboxylic acids is 1. The fraction of sp³-hybridized carbons (Fsp3) is 0.286. The number of H-pyrrole nitrogens is 1. The summed E-state index contributed by atoms with van der Waals surface area (Å²) >= 11 is 0. The zero-order chi connectivity index (χ0) is 17.0. The fourth-order valence-corrected chi connectivity index (χ4v) is 2.70. The number of carbonyl (C=O) groups is 1. The molecule has 9 heteroatoms. The first-order valence-corrected chi connectivity index (χ1v) is 8.47. The maximum atomic E-state index is 12.1. The molecule has 1 atom stereocenters. The molecule has 0 fully saturated rings. The summed E-state index contributed by atoms with van der Waals surface area (Å²) in [5.41, 5.74) is 0.918. The highest BCUT2D eigenvalue weighted by Gasteiger charge is 2.22. The van der Waals surface area contributed by atoms with Crippen LogP contribution in [0.15, 0.2) is 35.5 Å². The molecular formula is C14H18N4O4S. The highest BCUT2D eigenvalue weighted by atomic mass is 32.2. The second-order valence-corrected chi connectivity index (χ2v) is 6.74. The third-order valence-electron chi connectivity index (χ3n) is 3.31. The van der Waals surface area contributed by atoms with Crippen LogP contribution in [0.1, 0.15) is 29.3 Å². The monoisotopic (exact) mass is 338 g/mol. The number of nitrogens with zero attached hydrogens (tertiary/aromatic N) is 1. The number of phenolic OH excluding ortho intramolecular Hbond substituents is 1. The number of sulfonamides is 1. The molecule has 2 aromatic rings. The van der Waals surface area contributed by atoms with Crippen LogP contribution in [-0.2, 0) is 16.4 Å². The first-order chi connectivity index (χ1) is 10.8. The molecule has 5 N–H and O–H groups in total. The van der Waals surface area contributed by atoms with Crippen LogP contribution >= 0.6 is 0 Å². The summed E-state index contributed by atoms with van der Waals surface area (Å²) in [5, 5.41) is 22.3. The van der Waals surface area contributed by atoms with E-state index in [0.29, 0.717) is 12.8 Å². The van der Waals surface area contributed by atoms with Crippen molar-refractivity contribution in [3.63, 3.8) is 0 Å². The van der Waals surface area contributed by atoms with Crippen molar-refractivity contribution in [1.82, 2.24) is 15.5 Å². The van der Waals surface area contributed by atoms with Crippen molar-refractivity contribution in [2.75, 3.05) is 0 Å². The number of nitrogens with one attached hydrogen (secondary N) is 2. The minimum Gasteiger partial charge on any atom is -0.508 e. The third kappa shape index (κ3) is 4.54. The van der Waals surface area contributed by atoms with E-state index in [4.69, 9.17) is 5.14 Å². The molecule has 1 aromatic carbocycles. The smallest absolute Gasteiger partial charge is 0.256 e. The molecular weight excluding hydrogens is 320 g/mol. The molecule has 1 heterocycles. The van der Waals surface area contributed by atoms with E-state index < -0.39 is 21.0 Å². The van der Waals surface area contributed by atoms with Gasteiger partial charge in [-0.3, -0.25) is 9.89 Å². The number of hydrogen-bond donors (Lipinski definition) is 4. The Bertz CT molecular complexity index is 783. The number of primary sulfonamides is 1. The predicted octanol–water partition coefficient (Wildman–Crippen LogP) is 0.514. The molecule has 1 amide bonds. The molecule has 0 spiro atoms. The minimum absolute atomic E-state index is 0.107. The maximum Gasteiger partial charge on any atom is 0.256 e. The molecule has 0 radical (unpaired) electrons. The first-order valence-electron chi connectivity index (χ1n) is 6.92. The van der Waals surface area contributed by atoms with Crippen LogP contribution in [0.4, 0.5) is 0 Å². The summed E-state index contributed by atoms with van der Waals surface area (Å²) in [4.78, 5) is 12.1. The second kappa shape index (κ2) is 6.80. The number of benzene rings is 1. The van der Waals surface area contributed by atoms with Gasteiger partial charge < -0.3 is 10.4 Å². The lowest BCUT2D eigenvalue weighted by molar-refractivity contribution is 0.0935. The summed E-state index contributed by atoms with van der Waals surface area (Å²) in [6, 6.07) is 6.63. The molecule has 124 valence electrons.